The third kappa shape index (κ3) is 4.48. The van der Waals surface area contributed by atoms with E-state index in [9.17, 15) is 9.59 Å². The third-order valence-electron chi connectivity index (χ3n) is 4.77. The number of amides is 1. The first kappa shape index (κ1) is 21.4. The number of aryl methyl sites for hydroxylation is 2. The average Bonchev–Trinajstić information content (AvgIpc) is 3.10. The third-order valence-corrected chi connectivity index (χ3v) is 4.77. The van der Waals surface area contributed by atoms with Gasteiger partial charge in [-0.2, -0.15) is 4.98 Å². The van der Waals surface area contributed by atoms with Crippen LogP contribution in [0.3, 0.4) is 0 Å². The summed E-state index contributed by atoms with van der Waals surface area (Å²) in [6.45, 7) is 11.5. The maximum absolute atomic E-state index is 12.5. The highest BCUT2D eigenvalue weighted by Crippen LogP contribution is 2.32. The first-order valence-electron chi connectivity index (χ1n) is 9.98. The highest BCUT2D eigenvalue weighted by Gasteiger charge is 2.20. The van der Waals surface area contributed by atoms with Gasteiger partial charge in [0.2, 0.25) is 0 Å². The second kappa shape index (κ2) is 8.61. The molecule has 2 heterocycles. The molecule has 0 fully saturated rings. The molecule has 0 unspecified atom stereocenters. The van der Waals surface area contributed by atoms with Crippen LogP contribution in [0, 0.1) is 13.8 Å². The van der Waals surface area contributed by atoms with Crippen LogP contribution in [0.2, 0.25) is 0 Å². The van der Waals surface area contributed by atoms with Gasteiger partial charge in [-0.25, -0.2) is 14.3 Å². The zero-order chi connectivity index (χ0) is 22.0. The number of aromatic nitrogens is 4. The zero-order valence-corrected chi connectivity index (χ0v) is 18.2. The van der Waals surface area contributed by atoms with Crippen LogP contribution in [0.25, 0.3) is 5.78 Å². The fourth-order valence-electron chi connectivity index (χ4n) is 3.32. The molecule has 2 aromatic heterocycles. The number of nitrogens with one attached hydrogen (secondary N) is 1. The normalized spacial score (nSPS) is 11.3. The van der Waals surface area contributed by atoms with E-state index in [2.05, 4.69) is 48.1 Å². The van der Waals surface area contributed by atoms with Crippen molar-refractivity contribution in [2.45, 2.75) is 53.4 Å². The van der Waals surface area contributed by atoms with Gasteiger partial charge in [0.15, 0.2) is 6.61 Å². The zero-order valence-electron chi connectivity index (χ0n) is 18.2. The Kier molecular flexibility index (Phi) is 6.14. The molecule has 8 nitrogen and oxygen atoms in total. The lowest BCUT2D eigenvalue weighted by molar-refractivity contribution is -0.119. The summed E-state index contributed by atoms with van der Waals surface area (Å²) in [5.74, 6) is -0.516. The molecule has 1 amide bonds. The van der Waals surface area contributed by atoms with E-state index in [0.29, 0.717) is 5.78 Å². The molecule has 0 aliphatic carbocycles. The van der Waals surface area contributed by atoms with Crippen LogP contribution < -0.4 is 5.32 Å². The molecule has 0 saturated carbocycles. The SMILES string of the molecule is Cc1cc(C)n2nc(C(=O)OCC(=O)Nc3c(C(C)C)cccc3C(C)C)nc2n1. The molecular weight excluding hydrogens is 382 g/mol. The molecule has 0 aliphatic rings. The lowest BCUT2D eigenvalue weighted by Crippen LogP contribution is -2.23. The van der Waals surface area contributed by atoms with Crippen molar-refractivity contribution in [1.82, 2.24) is 19.6 Å². The number of carbonyl (C=O) groups is 2. The number of fused-ring (bicyclic) bond motifs is 1. The number of anilines is 1. The largest absolute Gasteiger partial charge is 0.450 e. The summed E-state index contributed by atoms with van der Waals surface area (Å²) in [4.78, 5) is 33.2. The van der Waals surface area contributed by atoms with Crippen molar-refractivity contribution < 1.29 is 14.3 Å². The Balaban J connectivity index is 1.72. The Morgan fingerprint density at radius 2 is 1.70 bits per heavy atom. The summed E-state index contributed by atoms with van der Waals surface area (Å²) < 4.78 is 6.62. The lowest BCUT2D eigenvalue weighted by atomic mass is 9.92. The van der Waals surface area contributed by atoms with Crippen molar-refractivity contribution in [2.24, 2.45) is 0 Å². The van der Waals surface area contributed by atoms with Gasteiger partial charge in [0.1, 0.15) is 0 Å². The highest BCUT2D eigenvalue weighted by molar-refractivity contribution is 5.95. The molecule has 0 bridgehead atoms. The number of para-hydroxylation sites is 1. The molecule has 0 aliphatic heterocycles. The Morgan fingerprint density at radius 1 is 1.07 bits per heavy atom. The highest BCUT2D eigenvalue weighted by atomic mass is 16.5. The minimum Gasteiger partial charge on any atom is -0.450 e. The first-order valence-corrected chi connectivity index (χ1v) is 9.98. The molecule has 3 rings (SSSR count). The van der Waals surface area contributed by atoms with Crippen LogP contribution >= 0.6 is 0 Å². The predicted molar refractivity (Wildman–Crippen MR) is 114 cm³/mol. The molecule has 0 atom stereocenters. The van der Waals surface area contributed by atoms with E-state index >= 15 is 0 Å². The molecule has 0 spiro atoms. The van der Waals surface area contributed by atoms with E-state index in [1.807, 2.05) is 38.1 Å². The number of ether oxygens (including phenoxy) is 1. The topological polar surface area (TPSA) is 98.5 Å². The van der Waals surface area contributed by atoms with Crippen LogP contribution in [0.4, 0.5) is 5.69 Å². The Labute approximate surface area is 175 Å². The summed E-state index contributed by atoms with van der Waals surface area (Å²) >= 11 is 0. The summed E-state index contributed by atoms with van der Waals surface area (Å²) in [6, 6.07) is 7.82. The van der Waals surface area contributed by atoms with Gasteiger partial charge in [-0.05, 0) is 42.9 Å². The number of nitrogens with zero attached hydrogens (tertiary/aromatic N) is 4. The standard InChI is InChI=1S/C22H27N5O3/c1-12(2)16-8-7-9-17(13(3)4)19(16)24-18(28)11-30-21(29)20-25-22-23-14(5)10-15(6)27(22)26-20/h7-10,12-13H,11H2,1-6H3,(H,24,28). The summed E-state index contributed by atoms with van der Waals surface area (Å²) in [5.41, 5.74) is 4.44. The van der Waals surface area contributed by atoms with Gasteiger partial charge in [0.25, 0.3) is 17.5 Å². The predicted octanol–water partition coefficient (Wildman–Crippen LogP) is 3.78. The Bertz CT molecular complexity index is 1080. The van der Waals surface area contributed by atoms with E-state index < -0.39 is 18.5 Å². The van der Waals surface area contributed by atoms with E-state index in [1.165, 1.54) is 4.52 Å². The maximum atomic E-state index is 12.5. The number of benzene rings is 1. The number of carbonyl (C=O) groups excluding carboxylic acids is 2. The lowest BCUT2D eigenvalue weighted by Gasteiger charge is -2.20. The minimum atomic E-state index is -0.770. The number of rotatable bonds is 6. The fraction of sp³-hybridized carbons (Fsp3) is 0.409. The van der Waals surface area contributed by atoms with Crippen molar-refractivity contribution in [3.63, 3.8) is 0 Å². The van der Waals surface area contributed by atoms with Crippen LogP contribution in [-0.2, 0) is 9.53 Å². The van der Waals surface area contributed by atoms with Crippen molar-refractivity contribution in [3.05, 3.63) is 52.6 Å². The summed E-state index contributed by atoms with van der Waals surface area (Å²) in [6.07, 6.45) is 0. The van der Waals surface area contributed by atoms with Crippen molar-refractivity contribution in [2.75, 3.05) is 11.9 Å². The summed E-state index contributed by atoms with van der Waals surface area (Å²) in [7, 11) is 0. The van der Waals surface area contributed by atoms with Gasteiger partial charge < -0.3 is 10.1 Å². The first-order chi connectivity index (χ1) is 14.2. The second-order valence-corrected chi connectivity index (χ2v) is 7.93. The molecule has 3 aromatic rings. The Hall–Kier alpha value is -3.29. The number of hydrogen-bond donors (Lipinski definition) is 1. The quantitative estimate of drug-likeness (QED) is 0.622. The van der Waals surface area contributed by atoms with Crippen molar-refractivity contribution in [1.29, 1.82) is 0 Å². The van der Waals surface area contributed by atoms with E-state index in [-0.39, 0.29) is 17.7 Å². The fourth-order valence-corrected chi connectivity index (χ4v) is 3.32. The van der Waals surface area contributed by atoms with Crippen LogP contribution in [0.1, 0.15) is 72.7 Å². The molecule has 8 heteroatoms. The van der Waals surface area contributed by atoms with E-state index in [0.717, 1.165) is 28.2 Å². The van der Waals surface area contributed by atoms with Gasteiger partial charge in [0.05, 0.1) is 0 Å². The molecule has 30 heavy (non-hydrogen) atoms. The Morgan fingerprint density at radius 3 is 2.30 bits per heavy atom. The van der Waals surface area contributed by atoms with Crippen molar-refractivity contribution >= 4 is 23.3 Å². The van der Waals surface area contributed by atoms with Gasteiger partial charge in [0, 0.05) is 17.1 Å². The smallest absolute Gasteiger partial charge is 0.378 e. The van der Waals surface area contributed by atoms with Gasteiger partial charge >= 0.3 is 5.97 Å². The van der Waals surface area contributed by atoms with Crippen LogP contribution in [-0.4, -0.2) is 38.1 Å². The van der Waals surface area contributed by atoms with E-state index in [4.69, 9.17) is 4.74 Å². The summed E-state index contributed by atoms with van der Waals surface area (Å²) in [5, 5.41) is 7.04. The molecule has 0 saturated heterocycles. The average molecular weight is 409 g/mol. The molecule has 0 radical (unpaired) electrons. The molecular formula is C22H27N5O3. The monoisotopic (exact) mass is 409 g/mol. The molecule has 1 aromatic carbocycles. The van der Waals surface area contributed by atoms with Crippen molar-refractivity contribution in [3.8, 4) is 0 Å². The number of esters is 1. The molecule has 1 N–H and O–H groups in total. The minimum absolute atomic E-state index is 0.130. The van der Waals surface area contributed by atoms with E-state index in [1.54, 1.807) is 0 Å². The maximum Gasteiger partial charge on any atom is 0.378 e. The van der Waals surface area contributed by atoms with Gasteiger partial charge in [-0.3, -0.25) is 4.79 Å². The molecule has 158 valence electrons. The van der Waals surface area contributed by atoms with Gasteiger partial charge in [-0.15, -0.1) is 5.10 Å². The second-order valence-electron chi connectivity index (χ2n) is 7.93. The van der Waals surface area contributed by atoms with Crippen LogP contribution in [0.15, 0.2) is 24.3 Å². The van der Waals surface area contributed by atoms with Gasteiger partial charge in [-0.1, -0.05) is 45.9 Å². The van der Waals surface area contributed by atoms with Crippen LogP contribution in [0.5, 0.6) is 0 Å². The number of hydrogen-bond acceptors (Lipinski definition) is 6.